The van der Waals surface area contributed by atoms with Crippen LogP contribution in [-0.4, -0.2) is 27.3 Å². The van der Waals surface area contributed by atoms with Gasteiger partial charge in [-0.15, -0.1) is 0 Å². The number of hydrogen-bond acceptors (Lipinski definition) is 5. The molecule has 0 saturated heterocycles. The summed E-state index contributed by atoms with van der Waals surface area (Å²) in [5.74, 6) is -0.522. The summed E-state index contributed by atoms with van der Waals surface area (Å²) in [6, 6.07) is 4.14. The predicted molar refractivity (Wildman–Crippen MR) is 75.9 cm³/mol. The van der Waals surface area contributed by atoms with E-state index in [9.17, 15) is 14.9 Å². The minimum atomic E-state index is -0.531. The zero-order valence-electron chi connectivity index (χ0n) is 11.4. The summed E-state index contributed by atoms with van der Waals surface area (Å²) in [5, 5.41) is 15.5. The Bertz CT molecular complexity index is 711. The molecule has 110 valence electrons. The Hall–Kier alpha value is -2.41. The topological polar surface area (TPSA) is 87.3 Å². The number of nitro groups is 1. The zero-order chi connectivity index (χ0) is 15.6. The fraction of sp³-hybridized carbons (Fsp3) is 0.231. The molecule has 7 nitrogen and oxygen atoms in total. The molecule has 8 heteroatoms. The van der Waals surface area contributed by atoms with Crippen molar-refractivity contribution in [1.29, 1.82) is 0 Å². The molecule has 1 heterocycles. The first-order valence-corrected chi connectivity index (χ1v) is 6.49. The maximum atomic E-state index is 11.8. The quantitative estimate of drug-likeness (QED) is 0.492. The third kappa shape index (κ3) is 2.87. The van der Waals surface area contributed by atoms with Crippen LogP contribution in [0.5, 0.6) is 0 Å². The van der Waals surface area contributed by atoms with E-state index in [0.29, 0.717) is 10.7 Å². The summed E-state index contributed by atoms with van der Waals surface area (Å²) in [6.45, 7) is 3.56. The Morgan fingerprint density at radius 2 is 2.24 bits per heavy atom. The first kappa shape index (κ1) is 15.0. The number of hydrogen-bond donors (Lipinski definition) is 0. The molecule has 0 spiro atoms. The van der Waals surface area contributed by atoms with Crippen LogP contribution in [0.4, 0.5) is 5.69 Å². The van der Waals surface area contributed by atoms with Gasteiger partial charge >= 0.3 is 5.97 Å². The molecular formula is C13H12ClN3O4. The molecule has 0 N–H and O–H groups in total. The van der Waals surface area contributed by atoms with Crippen LogP contribution < -0.4 is 0 Å². The zero-order valence-corrected chi connectivity index (χ0v) is 12.1. The molecular weight excluding hydrogens is 298 g/mol. The summed E-state index contributed by atoms with van der Waals surface area (Å²) in [6.07, 6.45) is 1.32. The van der Waals surface area contributed by atoms with E-state index in [2.05, 4.69) is 5.10 Å². The number of halogens is 1. The largest absolute Gasteiger partial charge is 0.462 e. The first-order chi connectivity index (χ1) is 9.95. The number of carbonyl (C=O) groups excluding carboxylic acids is 1. The lowest BCUT2D eigenvalue weighted by Crippen LogP contribution is -2.08. The molecule has 0 unspecified atom stereocenters. The molecule has 0 radical (unpaired) electrons. The molecule has 0 bridgehead atoms. The third-order valence-corrected chi connectivity index (χ3v) is 3.10. The molecule has 2 rings (SSSR count). The number of ether oxygens (including phenoxy) is 1. The first-order valence-electron chi connectivity index (χ1n) is 6.11. The smallest absolute Gasteiger partial charge is 0.341 e. The highest BCUT2D eigenvalue weighted by atomic mass is 35.5. The maximum absolute atomic E-state index is 11.8. The highest BCUT2D eigenvalue weighted by molar-refractivity contribution is 6.30. The summed E-state index contributed by atoms with van der Waals surface area (Å²) in [4.78, 5) is 22.3. The highest BCUT2D eigenvalue weighted by Gasteiger charge is 2.21. The molecule has 0 aliphatic rings. The second kappa shape index (κ2) is 5.92. The van der Waals surface area contributed by atoms with Gasteiger partial charge in [0, 0.05) is 11.1 Å². The molecule has 0 aliphatic heterocycles. The Balaban J connectivity index is 2.56. The number of rotatable bonds is 4. The number of carbonyl (C=O) groups is 1. The second-order valence-electron chi connectivity index (χ2n) is 4.17. The predicted octanol–water partition coefficient (Wildman–Crippen LogP) is 2.92. The van der Waals surface area contributed by atoms with Crippen molar-refractivity contribution in [2.45, 2.75) is 13.8 Å². The van der Waals surface area contributed by atoms with Gasteiger partial charge in [-0.2, -0.15) is 5.10 Å². The Kier molecular flexibility index (Phi) is 4.23. The van der Waals surface area contributed by atoms with E-state index in [1.807, 2.05) is 0 Å². The second-order valence-corrected chi connectivity index (χ2v) is 4.60. The molecule has 0 atom stereocenters. The number of nitro benzene ring substituents is 1. The van der Waals surface area contributed by atoms with Gasteiger partial charge in [0.15, 0.2) is 0 Å². The van der Waals surface area contributed by atoms with Gasteiger partial charge in [-0.05, 0) is 26.0 Å². The summed E-state index contributed by atoms with van der Waals surface area (Å²) >= 11 is 5.89. The molecule has 0 amide bonds. The fourth-order valence-corrected chi connectivity index (χ4v) is 2.05. The van der Waals surface area contributed by atoms with Crippen LogP contribution in [0.1, 0.15) is 23.0 Å². The Labute approximate surface area is 125 Å². The van der Waals surface area contributed by atoms with Gasteiger partial charge in [0.1, 0.15) is 11.3 Å². The highest BCUT2D eigenvalue weighted by Crippen LogP contribution is 2.27. The van der Waals surface area contributed by atoms with Crippen molar-refractivity contribution < 1.29 is 14.5 Å². The number of aromatic nitrogens is 2. The standard InChI is InChI=1S/C13H12ClN3O4/c1-3-21-13(18)10-7-15-16(8(10)2)12-6-9(14)4-5-11(12)17(19)20/h4-7H,3H2,1-2H3. The molecule has 0 saturated carbocycles. The monoisotopic (exact) mass is 309 g/mol. The van der Waals surface area contributed by atoms with Crippen molar-refractivity contribution in [1.82, 2.24) is 9.78 Å². The van der Waals surface area contributed by atoms with Crippen molar-refractivity contribution in [3.63, 3.8) is 0 Å². The van der Waals surface area contributed by atoms with Gasteiger partial charge in [0.2, 0.25) is 0 Å². The van der Waals surface area contributed by atoms with E-state index < -0.39 is 10.9 Å². The minimum absolute atomic E-state index is 0.152. The summed E-state index contributed by atoms with van der Waals surface area (Å²) in [5.41, 5.74) is 0.742. The lowest BCUT2D eigenvalue weighted by Gasteiger charge is -2.07. The lowest BCUT2D eigenvalue weighted by atomic mass is 10.2. The van der Waals surface area contributed by atoms with E-state index in [4.69, 9.17) is 16.3 Å². The average molecular weight is 310 g/mol. The van der Waals surface area contributed by atoms with Crippen molar-refractivity contribution in [3.8, 4) is 5.69 Å². The van der Waals surface area contributed by atoms with Crippen LogP contribution in [-0.2, 0) is 4.74 Å². The van der Waals surface area contributed by atoms with Gasteiger partial charge in [-0.25, -0.2) is 9.48 Å². The molecule has 1 aromatic carbocycles. The fourth-order valence-electron chi connectivity index (χ4n) is 1.88. The summed E-state index contributed by atoms with van der Waals surface area (Å²) in [7, 11) is 0. The SMILES string of the molecule is CCOC(=O)c1cnn(-c2cc(Cl)ccc2[N+](=O)[O-])c1C. The number of nitrogens with zero attached hydrogens (tertiary/aromatic N) is 3. The normalized spacial score (nSPS) is 10.4. The number of benzene rings is 1. The van der Waals surface area contributed by atoms with Crippen molar-refractivity contribution in [2.75, 3.05) is 6.61 Å². The Morgan fingerprint density at radius 3 is 2.86 bits per heavy atom. The summed E-state index contributed by atoms with van der Waals surface area (Å²) < 4.78 is 6.21. The lowest BCUT2D eigenvalue weighted by molar-refractivity contribution is -0.384. The number of esters is 1. The van der Waals surface area contributed by atoms with E-state index >= 15 is 0 Å². The van der Waals surface area contributed by atoms with Crippen LogP contribution in [0.3, 0.4) is 0 Å². The molecule has 0 aliphatic carbocycles. The van der Waals surface area contributed by atoms with Crippen LogP contribution in [0.2, 0.25) is 5.02 Å². The van der Waals surface area contributed by atoms with Crippen molar-refractivity contribution in [3.05, 3.63) is 50.8 Å². The van der Waals surface area contributed by atoms with E-state index in [0.717, 1.165) is 0 Å². The van der Waals surface area contributed by atoms with E-state index in [1.165, 1.54) is 29.1 Å². The minimum Gasteiger partial charge on any atom is -0.462 e. The van der Waals surface area contributed by atoms with E-state index in [1.54, 1.807) is 13.8 Å². The molecule has 2 aromatic rings. The third-order valence-electron chi connectivity index (χ3n) is 2.87. The van der Waals surface area contributed by atoms with Gasteiger partial charge in [0.25, 0.3) is 5.69 Å². The average Bonchev–Trinajstić information content (AvgIpc) is 2.80. The molecule has 21 heavy (non-hydrogen) atoms. The molecule has 1 aromatic heterocycles. The van der Waals surface area contributed by atoms with Crippen LogP contribution >= 0.6 is 11.6 Å². The Morgan fingerprint density at radius 1 is 1.52 bits per heavy atom. The van der Waals surface area contributed by atoms with Crippen LogP contribution in [0.15, 0.2) is 24.4 Å². The van der Waals surface area contributed by atoms with Crippen molar-refractivity contribution >= 4 is 23.3 Å². The van der Waals surface area contributed by atoms with E-state index in [-0.39, 0.29) is 23.5 Å². The van der Waals surface area contributed by atoms with Crippen LogP contribution in [0, 0.1) is 17.0 Å². The van der Waals surface area contributed by atoms with Gasteiger partial charge in [-0.3, -0.25) is 10.1 Å². The maximum Gasteiger partial charge on any atom is 0.341 e. The molecule has 0 fully saturated rings. The van der Waals surface area contributed by atoms with Gasteiger partial charge < -0.3 is 4.74 Å². The van der Waals surface area contributed by atoms with Crippen molar-refractivity contribution in [2.24, 2.45) is 0 Å². The van der Waals surface area contributed by atoms with Gasteiger partial charge in [-0.1, -0.05) is 11.6 Å². The van der Waals surface area contributed by atoms with Crippen LogP contribution in [0.25, 0.3) is 5.69 Å². The van der Waals surface area contributed by atoms with Gasteiger partial charge in [0.05, 0.1) is 23.4 Å².